The number of carbonyl (C=O) groups is 1. The number of hydrogen-bond donors (Lipinski definition) is 1. The van der Waals surface area contributed by atoms with Crippen molar-refractivity contribution >= 4 is 51.0 Å². The van der Waals surface area contributed by atoms with Crippen molar-refractivity contribution in [3.8, 4) is 17.2 Å². The molecule has 26 heavy (non-hydrogen) atoms. The average Bonchev–Trinajstić information content (AvgIpc) is 2.61. The lowest BCUT2D eigenvalue weighted by Gasteiger charge is -2.12. The van der Waals surface area contributed by atoms with Crippen LogP contribution in [0, 0.1) is 7.14 Å². The number of hydrogen-bond acceptors (Lipinski definition) is 4. The monoisotopic (exact) mass is 580 g/mol. The van der Waals surface area contributed by atoms with E-state index in [1.807, 2.05) is 0 Å². The molecule has 0 aliphatic heterocycles. The van der Waals surface area contributed by atoms with Gasteiger partial charge >= 0.3 is 0 Å². The minimum atomic E-state index is 0.212. The Morgan fingerprint density at radius 3 is 2.31 bits per heavy atom. The number of unbranched alkanes of at least 4 members (excludes halogenated alkanes) is 1. The molecule has 2 aromatic rings. The van der Waals surface area contributed by atoms with Crippen LogP contribution in [0.15, 0.2) is 36.4 Å². The second-order valence-electron chi connectivity index (χ2n) is 5.97. The number of phenolic OH excluding ortho intramolecular Hbond substituents is 1. The highest BCUT2D eigenvalue weighted by molar-refractivity contribution is 14.1. The number of aryl methyl sites for hydroxylation is 1. The molecule has 0 amide bonds. The lowest BCUT2D eigenvalue weighted by Crippen LogP contribution is -2.02. The zero-order valence-electron chi connectivity index (χ0n) is 14.6. The maximum absolute atomic E-state index is 12.0. The summed E-state index contributed by atoms with van der Waals surface area (Å²) in [5, 5.41) is 9.36. The fourth-order valence-corrected chi connectivity index (χ4v) is 4.58. The van der Waals surface area contributed by atoms with Crippen molar-refractivity contribution in [2.45, 2.75) is 32.1 Å². The van der Waals surface area contributed by atoms with Gasteiger partial charge in [-0.3, -0.25) is 4.79 Å². The van der Waals surface area contributed by atoms with E-state index in [2.05, 4.69) is 57.3 Å². The highest BCUT2D eigenvalue weighted by atomic mass is 127. The molecule has 0 atom stereocenters. The van der Waals surface area contributed by atoms with Crippen molar-refractivity contribution in [1.82, 2.24) is 0 Å². The van der Waals surface area contributed by atoms with Gasteiger partial charge in [-0.15, -0.1) is 0 Å². The maximum atomic E-state index is 12.0. The molecule has 1 N–H and O–H groups in total. The Bertz CT molecular complexity index is 706. The molecule has 0 heterocycles. The van der Waals surface area contributed by atoms with Crippen LogP contribution in [0.5, 0.6) is 17.2 Å². The van der Waals surface area contributed by atoms with Crippen LogP contribution >= 0.6 is 45.2 Å². The normalized spacial score (nSPS) is 10.7. The van der Waals surface area contributed by atoms with E-state index in [0.29, 0.717) is 31.0 Å². The van der Waals surface area contributed by atoms with Gasteiger partial charge in [-0.1, -0.05) is 0 Å². The van der Waals surface area contributed by atoms with Crippen molar-refractivity contribution < 1.29 is 19.4 Å². The first-order valence-corrected chi connectivity index (χ1v) is 10.6. The summed E-state index contributed by atoms with van der Waals surface area (Å²) in [6.07, 6.45) is 3.76. The summed E-state index contributed by atoms with van der Waals surface area (Å²) in [4.78, 5) is 12.0. The third-order valence-corrected chi connectivity index (χ3v) is 5.46. The molecular formula is C20H22I2O4. The van der Waals surface area contributed by atoms with E-state index in [1.54, 1.807) is 31.4 Å². The van der Waals surface area contributed by atoms with Crippen LogP contribution in [0.3, 0.4) is 0 Å². The van der Waals surface area contributed by atoms with Gasteiger partial charge in [-0.25, -0.2) is 0 Å². The van der Waals surface area contributed by atoms with Gasteiger partial charge in [-0.05, 0) is 106 Å². The molecule has 6 heteroatoms. The van der Waals surface area contributed by atoms with Gasteiger partial charge in [0.05, 0.1) is 7.14 Å². The fourth-order valence-electron chi connectivity index (χ4n) is 2.46. The first-order chi connectivity index (χ1) is 12.5. The highest BCUT2D eigenvalue weighted by Crippen LogP contribution is 2.33. The Hall–Kier alpha value is -0.870. The second-order valence-corrected chi connectivity index (χ2v) is 8.30. The van der Waals surface area contributed by atoms with Crippen molar-refractivity contribution in [2.75, 3.05) is 13.7 Å². The molecule has 0 unspecified atom stereocenters. The van der Waals surface area contributed by atoms with Gasteiger partial charge < -0.3 is 14.6 Å². The van der Waals surface area contributed by atoms with Crippen LogP contribution in [0.1, 0.15) is 31.2 Å². The number of rotatable bonds is 10. The molecule has 2 rings (SSSR count). The highest BCUT2D eigenvalue weighted by Gasteiger charge is 2.11. The van der Waals surface area contributed by atoms with Crippen LogP contribution in [0.4, 0.5) is 0 Å². The number of Topliss-reactive ketones (excluding diaryl/α,β-unsaturated/α-hetero) is 1. The zero-order chi connectivity index (χ0) is 18.9. The SMILES string of the molecule is COCCCCC(=O)CCc1cc(I)c(Oc2ccc(O)cc2)c(I)c1. The summed E-state index contributed by atoms with van der Waals surface area (Å²) in [5.41, 5.74) is 1.14. The van der Waals surface area contributed by atoms with Crippen molar-refractivity contribution in [2.24, 2.45) is 0 Å². The molecule has 140 valence electrons. The number of carbonyl (C=O) groups excluding carboxylic acids is 1. The largest absolute Gasteiger partial charge is 0.508 e. The van der Waals surface area contributed by atoms with E-state index in [-0.39, 0.29) is 5.75 Å². The number of benzene rings is 2. The van der Waals surface area contributed by atoms with Crippen molar-refractivity contribution in [1.29, 1.82) is 0 Å². The van der Waals surface area contributed by atoms with Gasteiger partial charge in [0.15, 0.2) is 5.75 Å². The third kappa shape index (κ3) is 7.03. The summed E-state index contributed by atoms with van der Waals surface area (Å²) in [7, 11) is 1.68. The summed E-state index contributed by atoms with van der Waals surface area (Å²) in [6, 6.07) is 10.8. The van der Waals surface area contributed by atoms with E-state index in [4.69, 9.17) is 9.47 Å². The van der Waals surface area contributed by atoms with Crippen molar-refractivity contribution in [3.05, 3.63) is 49.1 Å². The van der Waals surface area contributed by atoms with Crippen LogP contribution in [-0.4, -0.2) is 24.6 Å². The molecule has 0 bridgehead atoms. The number of aromatic hydroxyl groups is 1. The number of methoxy groups -OCH3 is 1. The minimum absolute atomic E-state index is 0.212. The first kappa shape index (κ1) is 21.4. The number of halogens is 2. The number of phenols is 1. The third-order valence-electron chi connectivity index (χ3n) is 3.86. The summed E-state index contributed by atoms with van der Waals surface area (Å²) in [6.45, 7) is 0.714. The second kappa shape index (κ2) is 11.1. The van der Waals surface area contributed by atoms with E-state index in [0.717, 1.165) is 37.7 Å². The van der Waals surface area contributed by atoms with Gasteiger partial charge in [0, 0.05) is 26.6 Å². The minimum Gasteiger partial charge on any atom is -0.508 e. The number of ether oxygens (including phenoxy) is 2. The predicted molar refractivity (Wildman–Crippen MR) is 119 cm³/mol. The molecule has 0 saturated carbocycles. The Morgan fingerprint density at radius 1 is 1.04 bits per heavy atom. The van der Waals surface area contributed by atoms with E-state index in [1.165, 1.54) is 0 Å². The van der Waals surface area contributed by atoms with Gasteiger partial charge in [-0.2, -0.15) is 0 Å². The molecule has 0 spiro atoms. The molecular weight excluding hydrogens is 558 g/mol. The predicted octanol–water partition coefficient (Wildman–Crippen LogP) is 5.71. The van der Waals surface area contributed by atoms with Gasteiger partial charge in [0.25, 0.3) is 0 Å². The summed E-state index contributed by atoms with van der Waals surface area (Å²) >= 11 is 4.51. The smallest absolute Gasteiger partial charge is 0.154 e. The van der Waals surface area contributed by atoms with Crippen LogP contribution in [0.2, 0.25) is 0 Å². The van der Waals surface area contributed by atoms with Crippen LogP contribution in [-0.2, 0) is 16.0 Å². The quantitative estimate of drug-likeness (QED) is 0.289. The summed E-state index contributed by atoms with van der Waals surface area (Å²) in [5.74, 6) is 1.99. The zero-order valence-corrected chi connectivity index (χ0v) is 18.9. The molecule has 0 radical (unpaired) electrons. The van der Waals surface area contributed by atoms with E-state index < -0.39 is 0 Å². The molecule has 0 aliphatic carbocycles. The molecule has 0 saturated heterocycles. The Balaban J connectivity index is 1.93. The molecule has 0 aromatic heterocycles. The molecule has 4 nitrogen and oxygen atoms in total. The Morgan fingerprint density at radius 2 is 1.69 bits per heavy atom. The molecule has 0 fully saturated rings. The standard InChI is InChI=1S/C20H22I2O4/c1-25-11-3-2-4-15(23)6-5-14-12-18(21)20(19(22)13-14)26-17-9-7-16(24)8-10-17/h7-10,12-13,24H,2-6,11H2,1H3. The topological polar surface area (TPSA) is 55.8 Å². The lowest BCUT2D eigenvalue weighted by atomic mass is 10.0. The van der Waals surface area contributed by atoms with Crippen LogP contribution < -0.4 is 4.74 Å². The fraction of sp³-hybridized carbons (Fsp3) is 0.350. The maximum Gasteiger partial charge on any atom is 0.154 e. The van der Waals surface area contributed by atoms with E-state index in [9.17, 15) is 9.90 Å². The Kier molecular flexibility index (Phi) is 9.13. The van der Waals surface area contributed by atoms with Gasteiger partial charge in [0.1, 0.15) is 17.3 Å². The average molecular weight is 580 g/mol. The molecule has 0 aliphatic rings. The molecule has 2 aromatic carbocycles. The van der Waals surface area contributed by atoms with Crippen LogP contribution in [0.25, 0.3) is 0 Å². The van der Waals surface area contributed by atoms with Crippen molar-refractivity contribution in [3.63, 3.8) is 0 Å². The lowest BCUT2D eigenvalue weighted by molar-refractivity contribution is -0.119. The van der Waals surface area contributed by atoms with E-state index >= 15 is 0 Å². The first-order valence-electron chi connectivity index (χ1n) is 8.45. The number of ketones is 1. The Labute approximate surface area is 181 Å². The van der Waals surface area contributed by atoms with Gasteiger partial charge in [0.2, 0.25) is 0 Å². The summed E-state index contributed by atoms with van der Waals surface area (Å²) < 4.78 is 13.0.